The third kappa shape index (κ3) is 8.05. The van der Waals surface area contributed by atoms with Crippen LogP contribution in [0.1, 0.15) is 64.9 Å². The molecule has 1 aromatic rings. The third-order valence-electron chi connectivity index (χ3n) is 5.71. The van der Waals surface area contributed by atoms with Crippen LogP contribution in [-0.4, -0.2) is 35.4 Å². The van der Waals surface area contributed by atoms with Gasteiger partial charge < -0.3 is 19.9 Å². The summed E-state index contributed by atoms with van der Waals surface area (Å²) in [5, 5.41) is 13.2. The molecule has 0 radical (unpaired) electrons. The number of carbonyl (C=O) groups excluding carboxylic acids is 2. The third-order valence-corrected chi connectivity index (χ3v) is 5.71. The van der Waals surface area contributed by atoms with Gasteiger partial charge in [-0.05, 0) is 49.5 Å². The van der Waals surface area contributed by atoms with Crippen molar-refractivity contribution in [3.63, 3.8) is 0 Å². The Bertz CT molecular complexity index is 627. The number of alkyl carbamates (subject to hydrolysis) is 1. The molecule has 0 bridgehead atoms. The standard InChI is InChI=1S/C23H35NO5/c1-16(2)17(3)14-20(25)21(22(26)29-19-12-8-5-9-13-19)24-23(27)28-15-18-10-6-4-7-11-18/h4,6-7,10-11,16-17,19-21,25H,5,8-9,12-15H2,1-3H3,(H,24,27)/t17-,20+,21+/m1/s1. The van der Waals surface area contributed by atoms with Gasteiger partial charge in [-0.1, -0.05) is 57.5 Å². The van der Waals surface area contributed by atoms with Crippen LogP contribution in [0.2, 0.25) is 0 Å². The largest absolute Gasteiger partial charge is 0.461 e. The molecule has 3 atom stereocenters. The van der Waals surface area contributed by atoms with E-state index in [9.17, 15) is 14.7 Å². The second-order valence-electron chi connectivity index (χ2n) is 8.40. The van der Waals surface area contributed by atoms with Gasteiger partial charge in [-0.25, -0.2) is 9.59 Å². The van der Waals surface area contributed by atoms with Crippen molar-refractivity contribution in [2.24, 2.45) is 11.8 Å². The highest BCUT2D eigenvalue weighted by Gasteiger charge is 2.33. The highest BCUT2D eigenvalue weighted by Crippen LogP contribution is 2.22. The molecule has 0 aliphatic heterocycles. The Morgan fingerprint density at radius 2 is 1.76 bits per heavy atom. The van der Waals surface area contributed by atoms with E-state index in [1.165, 1.54) is 0 Å². The summed E-state index contributed by atoms with van der Waals surface area (Å²) in [6.07, 6.45) is 3.34. The van der Waals surface area contributed by atoms with E-state index in [2.05, 4.69) is 19.2 Å². The Balaban J connectivity index is 1.97. The summed E-state index contributed by atoms with van der Waals surface area (Å²) in [4.78, 5) is 25.1. The summed E-state index contributed by atoms with van der Waals surface area (Å²) in [5.74, 6) is -0.0427. The lowest BCUT2D eigenvalue weighted by atomic mass is 9.90. The van der Waals surface area contributed by atoms with Crippen molar-refractivity contribution >= 4 is 12.1 Å². The summed E-state index contributed by atoms with van der Waals surface area (Å²) in [6.45, 7) is 6.24. The van der Waals surface area contributed by atoms with Gasteiger partial charge in [0.2, 0.25) is 0 Å². The van der Waals surface area contributed by atoms with Crippen molar-refractivity contribution < 1.29 is 24.2 Å². The van der Waals surface area contributed by atoms with Gasteiger partial charge in [0.05, 0.1) is 6.10 Å². The molecule has 1 fully saturated rings. The monoisotopic (exact) mass is 405 g/mol. The van der Waals surface area contributed by atoms with Gasteiger partial charge in [0, 0.05) is 0 Å². The molecule has 0 heterocycles. The van der Waals surface area contributed by atoms with Gasteiger partial charge in [-0.3, -0.25) is 0 Å². The molecule has 2 rings (SSSR count). The van der Waals surface area contributed by atoms with Crippen LogP contribution >= 0.6 is 0 Å². The van der Waals surface area contributed by atoms with Crippen molar-refractivity contribution in [3.8, 4) is 0 Å². The molecule has 1 aromatic carbocycles. The lowest BCUT2D eigenvalue weighted by Gasteiger charge is -2.29. The number of aliphatic hydroxyl groups is 1. The normalized spacial score (nSPS) is 18.0. The van der Waals surface area contributed by atoms with Crippen molar-refractivity contribution in [1.82, 2.24) is 5.32 Å². The first-order valence-electron chi connectivity index (χ1n) is 10.7. The molecule has 162 valence electrons. The van der Waals surface area contributed by atoms with Gasteiger partial charge >= 0.3 is 12.1 Å². The van der Waals surface area contributed by atoms with Crippen LogP contribution in [0.15, 0.2) is 30.3 Å². The Morgan fingerprint density at radius 3 is 2.38 bits per heavy atom. The maximum absolute atomic E-state index is 12.8. The number of hydrogen-bond donors (Lipinski definition) is 2. The first-order valence-corrected chi connectivity index (χ1v) is 10.7. The molecule has 1 aliphatic carbocycles. The number of amides is 1. The fraction of sp³-hybridized carbons (Fsp3) is 0.652. The Labute approximate surface area is 174 Å². The fourth-order valence-electron chi connectivity index (χ4n) is 3.41. The van der Waals surface area contributed by atoms with E-state index in [-0.39, 0.29) is 18.6 Å². The number of hydrogen-bond acceptors (Lipinski definition) is 5. The number of nitrogens with one attached hydrogen (secondary N) is 1. The first-order chi connectivity index (χ1) is 13.9. The Morgan fingerprint density at radius 1 is 1.10 bits per heavy atom. The van der Waals surface area contributed by atoms with Crippen LogP contribution in [0.5, 0.6) is 0 Å². The van der Waals surface area contributed by atoms with Crippen molar-refractivity contribution in [1.29, 1.82) is 0 Å². The topological polar surface area (TPSA) is 84.9 Å². The number of rotatable bonds is 9. The maximum atomic E-state index is 12.8. The lowest BCUT2D eigenvalue weighted by Crippen LogP contribution is -2.51. The van der Waals surface area contributed by atoms with E-state index >= 15 is 0 Å². The van der Waals surface area contributed by atoms with Crippen LogP contribution in [0, 0.1) is 11.8 Å². The fourth-order valence-corrected chi connectivity index (χ4v) is 3.41. The molecule has 6 heteroatoms. The lowest BCUT2D eigenvalue weighted by molar-refractivity contribution is -0.156. The minimum Gasteiger partial charge on any atom is -0.461 e. The summed E-state index contributed by atoms with van der Waals surface area (Å²) in [7, 11) is 0. The van der Waals surface area contributed by atoms with Gasteiger partial charge in [0.1, 0.15) is 12.7 Å². The highest BCUT2D eigenvalue weighted by atomic mass is 16.6. The molecule has 0 aromatic heterocycles. The SMILES string of the molecule is CC(C)[C@H](C)C[C@H](O)[C@H](NC(=O)OCc1ccccc1)C(=O)OC1CCCCC1. The minimum absolute atomic E-state index is 0.0928. The summed E-state index contributed by atoms with van der Waals surface area (Å²) >= 11 is 0. The van der Waals surface area contributed by atoms with E-state index in [0.29, 0.717) is 12.3 Å². The Kier molecular flexibility index (Phi) is 9.45. The van der Waals surface area contributed by atoms with Gasteiger partial charge in [-0.2, -0.15) is 0 Å². The zero-order chi connectivity index (χ0) is 21.2. The number of aliphatic hydroxyl groups excluding tert-OH is 1. The maximum Gasteiger partial charge on any atom is 0.408 e. The molecule has 0 spiro atoms. The van der Waals surface area contributed by atoms with Crippen LogP contribution in [0.25, 0.3) is 0 Å². The number of carbonyl (C=O) groups is 2. The van der Waals surface area contributed by atoms with E-state index in [1.807, 2.05) is 37.3 Å². The molecule has 1 amide bonds. The number of esters is 1. The average Bonchev–Trinajstić information content (AvgIpc) is 2.71. The van der Waals surface area contributed by atoms with E-state index in [0.717, 1.165) is 37.7 Å². The molecule has 2 N–H and O–H groups in total. The zero-order valence-electron chi connectivity index (χ0n) is 17.8. The molecule has 1 saturated carbocycles. The molecular weight excluding hydrogens is 370 g/mol. The second-order valence-corrected chi connectivity index (χ2v) is 8.40. The zero-order valence-corrected chi connectivity index (χ0v) is 17.8. The molecule has 0 unspecified atom stereocenters. The van der Waals surface area contributed by atoms with E-state index in [1.54, 1.807) is 0 Å². The predicted molar refractivity (Wildman–Crippen MR) is 111 cm³/mol. The van der Waals surface area contributed by atoms with Crippen LogP contribution in [0.3, 0.4) is 0 Å². The van der Waals surface area contributed by atoms with Crippen LogP contribution < -0.4 is 5.32 Å². The highest BCUT2D eigenvalue weighted by molar-refractivity contribution is 5.82. The second kappa shape index (κ2) is 11.8. The molecule has 6 nitrogen and oxygen atoms in total. The number of benzene rings is 1. The smallest absolute Gasteiger partial charge is 0.408 e. The molecule has 29 heavy (non-hydrogen) atoms. The van der Waals surface area contributed by atoms with Crippen molar-refractivity contribution in [2.75, 3.05) is 0 Å². The summed E-state index contributed by atoms with van der Waals surface area (Å²) < 4.78 is 10.8. The molecule has 0 saturated heterocycles. The molecular formula is C23H35NO5. The average molecular weight is 406 g/mol. The Hall–Kier alpha value is -2.08. The van der Waals surface area contributed by atoms with E-state index in [4.69, 9.17) is 9.47 Å². The van der Waals surface area contributed by atoms with Gasteiger partial charge in [0.25, 0.3) is 0 Å². The quantitative estimate of drug-likeness (QED) is 0.602. The number of ether oxygens (including phenoxy) is 2. The minimum atomic E-state index is -1.14. The van der Waals surface area contributed by atoms with Crippen molar-refractivity contribution in [3.05, 3.63) is 35.9 Å². The van der Waals surface area contributed by atoms with E-state index < -0.39 is 24.2 Å². The predicted octanol–water partition coefficient (Wildman–Crippen LogP) is 4.20. The summed E-state index contributed by atoms with van der Waals surface area (Å²) in [5.41, 5.74) is 0.845. The van der Waals surface area contributed by atoms with Gasteiger partial charge in [-0.15, -0.1) is 0 Å². The first kappa shape index (κ1) is 23.2. The van der Waals surface area contributed by atoms with Crippen LogP contribution in [0.4, 0.5) is 4.79 Å². The summed E-state index contributed by atoms with van der Waals surface area (Å²) in [6, 6.07) is 8.16. The molecule has 1 aliphatic rings. The van der Waals surface area contributed by atoms with Crippen molar-refractivity contribution in [2.45, 2.75) is 84.2 Å². The van der Waals surface area contributed by atoms with Gasteiger partial charge in [0.15, 0.2) is 6.04 Å². The van der Waals surface area contributed by atoms with Crippen LogP contribution in [-0.2, 0) is 20.9 Å².